The number of para-hydroxylation sites is 1. The van der Waals surface area contributed by atoms with E-state index in [0.29, 0.717) is 5.75 Å². The maximum absolute atomic E-state index is 12.4. The van der Waals surface area contributed by atoms with Gasteiger partial charge in [0.15, 0.2) is 0 Å². The van der Waals surface area contributed by atoms with Crippen molar-refractivity contribution in [2.45, 2.75) is 27.3 Å². The second-order valence-corrected chi connectivity index (χ2v) is 6.78. The van der Waals surface area contributed by atoms with E-state index in [1.165, 1.54) is 5.56 Å². The van der Waals surface area contributed by atoms with Crippen LogP contribution in [0.15, 0.2) is 36.4 Å². The number of hydrogen-bond donors (Lipinski definition) is 1. The molecule has 1 amide bonds. The fraction of sp³-hybridized carbons (Fsp3) is 0.381. The zero-order valence-electron chi connectivity index (χ0n) is 16.1. The molecule has 0 spiro atoms. The predicted molar refractivity (Wildman–Crippen MR) is 110 cm³/mol. The summed E-state index contributed by atoms with van der Waals surface area (Å²) in [5, 5.41) is 2.89. The summed E-state index contributed by atoms with van der Waals surface area (Å²) < 4.78 is 11.0. The molecule has 1 N–H and O–H groups in total. The number of amides is 1. The van der Waals surface area contributed by atoms with Crippen LogP contribution in [0.3, 0.4) is 0 Å². The normalized spacial score (nSPS) is 14.3. The SMILES string of the molecule is Cc1cc(C)c(NC(=O)Oc2ccccc2CN2CCOCC2)c(C)c1.Cl. The average molecular weight is 391 g/mol. The van der Waals surface area contributed by atoms with Gasteiger partial charge in [-0.1, -0.05) is 35.9 Å². The second-order valence-electron chi connectivity index (χ2n) is 6.78. The molecule has 1 fully saturated rings. The molecule has 2 aromatic carbocycles. The fourth-order valence-electron chi connectivity index (χ4n) is 3.34. The van der Waals surface area contributed by atoms with Crippen molar-refractivity contribution in [2.24, 2.45) is 0 Å². The minimum absolute atomic E-state index is 0. The number of morpholine rings is 1. The maximum atomic E-state index is 12.4. The number of benzene rings is 2. The second kappa shape index (κ2) is 9.74. The molecule has 0 unspecified atom stereocenters. The molecule has 146 valence electrons. The Bertz CT molecular complexity index is 766. The first-order chi connectivity index (χ1) is 12.5. The van der Waals surface area contributed by atoms with Crippen LogP contribution in [0.2, 0.25) is 0 Å². The van der Waals surface area contributed by atoms with Crippen molar-refractivity contribution in [3.63, 3.8) is 0 Å². The Balaban J connectivity index is 0.00000261. The third-order valence-electron chi connectivity index (χ3n) is 4.58. The first-order valence-corrected chi connectivity index (χ1v) is 8.97. The van der Waals surface area contributed by atoms with Gasteiger partial charge in [-0.2, -0.15) is 0 Å². The van der Waals surface area contributed by atoms with E-state index >= 15 is 0 Å². The smallest absolute Gasteiger partial charge is 0.410 e. The summed E-state index contributed by atoms with van der Waals surface area (Å²) in [7, 11) is 0. The van der Waals surface area contributed by atoms with Gasteiger partial charge in [0, 0.05) is 30.9 Å². The number of nitrogens with zero attached hydrogens (tertiary/aromatic N) is 1. The minimum Gasteiger partial charge on any atom is -0.410 e. The van der Waals surface area contributed by atoms with E-state index in [-0.39, 0.29) is 12.4 Å². The monoisotopic (exact) mass is 390 g/mol. The first kappa shape index (κ1) is 21.2. The number of carbonyl (C=O) groups is 1. The molecule has 3 rings (SSSR count). The number of nitrogens with one attached hydrogen (secondary N) is 1. The summed E-state index contributed by atoms with van der Waals surface area (Å²) in [4.78, 5) is 14.8. The van der Waals surface area contributed by atoms with E-state index in [4.69, 9.17) is 9.47 Å². The Hall–Kier alpha value is -2.08. The van der Waals surface area contributed by atoms with Crippen LogP contribution in [0.4, 0.5) is 10.5 Å². The molecule has 0 saturated carbocycles. The largest absolute Gasteiger partial charge is 0.417 e. The number of halogens is 1. The highest BCUT2D eigenvalue weighted by Gasteiger charge is 2.16. The van der Waals surface area contributed by atoms with Crippen molar-refractivity contribution in [3.8, 4) is 5.75 Å². The molecule has 1 aliphatic rings. The van der Waals surface area contributed by atoms with Crippen molar-refractivity contribution in [3.05, 3.63) is 58.7 Å². The number of hydrogen-bond acceptors (Lipinski definition) is 4. The third-order valence-corrected chi connectivity index (χ3v) is 4.58. The zero-order chi connectivity index (χ0) is 18.5. The summed E-state index contributed by atoms with van der Waals surface area (Å²) in [6.45, 7) is 10.0. The Morgan fingerprint density at radius 1 is 1.11 bits per heavy atom. The van der Waals surface area contributed by atoms with Crippen LogP contribution in [0, 0.1) is 20.8 Å². The minimum atomic E-state index is -0.463. The molecule has 0 radical (unpaired) electrons. The zero-order valence-corrected chi connectivity index (χ0v) is 16.9. The molecule has 6 heteroatoms. The summed E-state index contributed by atoms with van der Waals surface area (Å²) in [5.41, 5.74) is 5.05. The summed E-state index contributed by atoms with van der Waals surface area (Å²) >= 11 is 0. The van der Waals surface area contributed by atoms with Crippen molar-refractivity contribution in [2.75, 3.05) is 31.6 Å². The molecule has 0 bridgehead atoms. The van der Waals surface area contributed by atoms with Crippen molar-refractivity contribution in [1.29, 1.82) is 0 Å². The molecule has 0 atom stereocenters. The van der Waals surface area contributed by atoms with E-state index in [1.807, 2.05) is 45.0 Å². The molecule has 27 heavy (non-hydrogen) atoms. The lowest BCUT2D eigenvalue weighted by atomic mass is 10.1. The molecule has 2 aromatic rings. The number of anilines is 1. The van der Waals surface area contributed by atoms with Gasteiger partial charge in [0.05, 0.1) is 13.2 Å². The van der Waals surface area contributed by atoms with Gasteiger partial charge in [0.2, 0.25) is 0 Å². The number of carbonyl (C=O) groups excluding carboxylic acids is 1. The summed E-state index contributed by atoms with van der Waals surface area (Å²) in [6, 6.07) is 11.8. The van der Waals surface area contributed by atoms with Gasteiger partial charge in [-0.3, -0.25) is 10.2 Å². The van der Waals surface area contributed by atoms with Gasteiger partial charge < -0.3 is 9.47 Å². The molecular weight excluding hydrogens is 364 g/mol. The van der Waals surface area contributed by atoms with Crippen LogP contribution in [0.5, 0.6) is 5.75 Å². The van der Waals surface area contributed by atoms with E-state index in [9.17, 15) is 4.79 Å². The van der Waals surface area contributed by atoms with Crippen LogP contribution in [0.25, 0.3) is 0 Å². The number of ether oxygens (including phenoxy) is 2. The Labute approximate surface area is 167 Å². The van der Waals surface area contributed by atoms with Gasteiger partial charge in [0.1, 0.15) is 5.75 Å². The summed E-state index contributed by atoms with van der Waals surface area (Å²) in [5.74, 6) is 0.596. The molecule has 0 aliphatic carbocycles. The van der Waals surface area contributed by atoms with Gasteiger partial charge >= 0.3 is 6.09 Å². The summed E-state index contributed by atoms with van der Waals surface area (Å²) in [6.07, 6.45) is -0.463. The molecule has 5 nitrogen and oxygen atoms in total. The van der Waals surface area contributed by atoms with Gasteiger partial charge in [-0.25, -0.2) is 4.79 Å². The lowest BCUT2D eigenvalue weighted by Crippen LogP contribution is -2.35. The van der Waals surface area contributed by atoms with E-state index < -0.39 is 6.09 Å². The molecule has 1 heterocycles. The van der Waals surface area contributed by atoms with E-state index in [2.05, 4.69) is 22.3 Å². The molecule has 0 aromatic heterocycles. The van der Waals surface area contributed by atoms with Crippen LogP contribution in [-0.2, 0) is 11.3 Å². The Kier molecular flexibility index (Phi) is 7.66. The average Bonchev–Trinajstić information content (AvgIpc) is 2.61. The molecular formula is C21H27ClN2O3. The topological polar surface area (TPSA) is 50.8 Å². The highest BCUT2D eigenvalue weighted by atomic mass is 35.5. The van der Waals surface area contributed by atoms with E-state index in [1.54, 1.807) is 0 Å². The fourth-order valence-corrected chi connectivity index (χ4v) is 3.34. The van der Waals surface area contributed by atoms with Crippen LogP contribution < -0.4 is 10.1 Å². The lowest BCUT2D eigenvalue weighted by Gasteiger charge is -2.27. The Morgan fingerprint density at radius 2 is 1.74 bits per heavy atom. The Morgan fingerprint density at radius 3 is 2.41 bits per heavy atom. The number of aryl methyl sites for hydroxylation is 3. The van der Waals surface area contributed by atoms with E-state index in [0.717, 1.165) is 55.2 Å². The lowest BCUT2D eigenvalue weighted by molar-refractivity contribution is 0.0339. The van der Waals surface area contributed by atoms with Crippen molar-refractivity contribution in [1.82, 2.24) is 4.90 Å². The molecule has 1 aliphatic heterocycles. The third kappa shape index (κ3) is 5.70. The van der Waals surface area contributed by atoms with Crippen LogP contribution in [-0.4, -0.2) is 37.3 Å². The highest BCUT2D eigenvalue weighted by molar-refractivity contribution is 5.88. The predicted octanol–water partition coefficient (Wildman–Crippen LogP) is 4.48. The highest BCUT2D eigenvalue weighted by Crippen LogP contribution is 2.24. The van der Waals surface area contributed by atoms with Gasteiger partial charge in [0.25, 0.3) is 0 Å². The standard InChI is InChI=1S/C21H26N2O3.ClH/c1-15-12-16(2)20(17(3)13-15)22-21(24)26-19-7-5-4-6-18(19)14-23-8-10-25-11-9-23;/h4-7,12-13H,8-11,14H2,1-3H3,(H,22,24);1H. The maximum Gasteiger partial charge on any atom is 0.417 e. The first-order valence-electron chi connectivity index (χ1n) is 8.97. The van der Waals surface area contributed by atoms with Gasteiger partial charge in [-0.15, -0.1) is 12.4 Å². The number of rotatable bonds is 4. The van der Waals surface area contributed by atoms with Gasteiger partial charge in [-0.05, 0) is 38.0 Å². The van der Waals surface area contributed by atoms with Crippen molar-refractivity contribution >= 4 is 24.2 Å². The molecule has 1 saturated heterocycles. The quantitative estimate of drug-likeness (QED) is 0.836. The van der Waals surface area contributed by atoms with Crippen molar-refractivity contribution < 1.29 is 14.3 Å². The van der Waals surface area contributed by atoms with Crippen LogP contribution >= 0.6 is 12.4 Å². The van der Waals surface area contributed by atoms with Crippen LogP contribution in [0.1, 0.15) is 22.3 Å².